The van der Waals surface area contributed by atoms with E-state index in [2.05, 4.69) is 55.6 Å². The van der Waals surface area contributed by atoms with Crippen LogP contribution in [0.5, 0.6) is 0 Å². The quantitative estimate of drug-likeness (QED) is 0.115. The number of nitriles is 1. The lowest BCUT2D eigenvalue weighted by molar-refractivity contribution is 0.611. The first-order valence-corrected chi connectivity index (χ1v) is 14.6. The summed E-state index contributed by atoms with van der Waals surface area (Å²) in [6.45, 7) is 8.47. The van der Waals surface area contributed by atoms with Crippen molar-refractivity contribution in [3.8, 4) is 5.97 Å². The second-order valence-corrected chi connectivity index (χ2v) is 10.3. The Bertz CT molecular complexity index is 1500. The molecule has 4 rings (SSSR count). The van der Waals surface area contributed by atoms with E-state index < -0.39 is 0 Å². The van der Waals surface area contributed by atoms with Crippen molar-refractivity contribution in [2.45, 2.75) is 52.3 Å². The van der Waals surface area contributed by atoms with Crippen LogP contribution in [0.3, 0.4) is 0 Å². The van der Waals surface area contributed by atoms with Gasteiger partial charge in [-0.05, 0) is 60.1 Å². The van der Waals surface area contributed by atoms with E-state index in [0.29, 0.717) is 31.3 Å². The lowest BCUT2D eigenvalue weighted by Crippen LogP contribution is -2.18. The molecule has 3 N–H and O–H groups in total. The molecule has 0 aliphatic heterocycles. The molecule has 0 aliphatic rings. The van der Waals surface area contributed by atoms with Crippen molar-refractivity contribution < 1.29 is 4.39 Å². The van der Waals surface area contributed by atoms with E-state index in [1.54, 1.807) is 23.5 Å². The number of nitrogens with zero attached hydrogens (tertiary/aromatic N) is 4. The molecule has 0 aliphatic carbocycles. The van der Waals surface area contributed by atoms with E-state index in [4.69, 9.17) is 0 Å². The number of aryl methyl sites for hydroxylation is 2. The van der Waals surface area contributed by atoms with Crippen LogP contribution in [0.1, 0.15) is 41.3 Å². The number of nitrogens with two attached hydrogens (primary N) is 1. The van der Waals surface area contributed by atoms with E-state index in [9.17, 15) is 9.65 Å². The standard InChI is InChI=1S/C29H31BFN5S.CH3NS/c1-4-24-26(7-6-8-27(24)31)25(5-2)28(11-13-30(3)20-32)35-18-22-12-14-33-17-21(22)9-10-23-19-37-29-34-15-16-36(23)29;2-1-3/h5-8,12,14-17,19,35H,2,4,9-11,13,18H2,1,3H3;1H,(H2,2,3)/b28-25-;. The molecule has 0 unspecified atom stereocenters. The first kappa shape index (κ1) is 30.7. The zero-order valence-corrected chi connectivity index (χ0v) is 24.6. The Morgan fingerprint density at radius 3 is 2.83 bits per heavy atom. The molecule has 0 fully saturated rings. The van der Waals surface area contributed by atoms with Gasteiger partial charge >= 0.3 is 0 Å². The van der Waals surface area contributed by atoms with Crippen LogP contribution in [0.2, 0.25) is 13.1 Å². The Balaban J connectivity index is 0.00000141. The maximum absolute atomic E-state index is 14.6. The van der Waals surface area contributed by atoms with E-state index in [-0.39, 0.29) is 12.5 Å². The minimum Gasteiger partial charge on any atom is -0.396 e. The van der Waals surface area contributed by atoms with Crippen molar-refractivity contribution >= 4 is 46.3 Å². The summed E-state index contributed by atoms with van der Waals surface area (Å²) in [6, 6.07) is 7.24. The SMILES string of the molecule is C=C/C(=C(\CCB(C)C#N)NCc1ccncc1CCc1csc2nccn12)c1cccc(F)c1CC.NC=S. The van der Waals surface area contributed by atoms with Gasteiger partial charge in [-0.15, -0.1) is 11.3 Å². The third kappa shape index (κ3) is 7.87. The number of allylic oxidation sites excluding steroid dienone is 3. The molecule has 0 bridgehead atoms. The summed E-state index contributed by atoms with van der Waals surface area (Å²) in [5, 5.41) is 15.1. The molecule has 40 heavy (non-hydrogen) atoms. The van der Waals surface area contributed by atoms with Crippen molar-refractivity contribution in [1.29, 1.82) is 5.26 Å². The lowest BCUT2D eigenvalue weighted by Gasteiger charge is -2.19. The van der Waals surface area contributed by atoms with Crippen LogP contribution in [0.15, 0.2) is 72.8 Å². The highest BCUT2D eigenvalue weighted by Gasteiger charge is 2.16. The summed E-state index contributed by atoms with van der Waals surface area (Å²) in [5.74, 6) is 2.11. The third-order valence-corrected chi connectivity index (χ3v) is 7.61. The average Bonchev–Trinajstić information content (AvgIpc) is 3.59. The monoisotopic (exact) mass is 572 g/mol. The number of pyridine rings is 1. The van der Waals surface area contributed by atoms with Gasteiger partial charge in [-0.25, -0.2) is 14.6 Å². The molecule has 4 aromatic rings. The average molecular weight is 573 g/mol. The molecule has 6 nitrogen and oxygen atoms in total. The minimum absolute atomic E-state index is 0.0804. The van der Waals surface area contributed by atoms with Crippen LogP contribution < -0.4 is 11.1 Å². The molecule has 0 saturated carbocycles. The Morgan fingerprint density at radius 2 is 2.10 bits per heavy atom. The van der Waals surface area contributed by atoms with Gasteiger partial charge in [0, 0.05) is 59.6 Å². The molecule has 1 aromatic carbocycles. The molecule has 10 heteroatoms. The van der Waals surface area contributed by atoms with Gasteiger partial charge in [0.25, 0.3) is 6.71 Å². The number of aromatic nitrogens is 3. The number of benzene rings is 1. The molecule has 0 atom stereocenters. The summed E-state index contributed by atoms with van der Waals surface area (Å²) in [4.78, 5) is 9.75. The second kappa shape index (κ2) is 15.7. The number of hydrogen-bond donors (Lipinski definition) is 2. The number of fused-ring (bicyclic) bond motifs is 1. The van der Waals surface area contributed by atoms with Gasteiger partial charge in [-0.1, -0.05) is 57.1 Å². The number of rotatable bonds is 12. The van der Waals surface area contributed by atoms with Crippen molar-refractivity contribution in [1.82, 2.24) is 19.7 Å². The number of hydrogen-bond acceptors (Lipinski definition) is 6. The van der Waals surface area contributed by atoms with Gasteiger partial charge in [0.15, 0.2) is 4.96 Å². The van der Waals surface area contributed by atoms with Gasteiger partial charge in [0.1, 0.15) is 5.82 Å². The summed E-state index contributed by atoms with van der Waals surface area (Å²) >= 11 is 5.70. The number of imidazole rings is 1. The zero-order valence-electron chi connectivity index (χ0n) is 22.9. The lowest BCUT2D eigenvalue weighted by atomic mass is 9.50. The van der Waals surface area contributed by atoms with E-state index in [1.165, 1.54) is 17.3 Å². The van der Waals surface area contributed by atoms with Gasteiger partial charge in [0.05, 0.1) is 5.49 Å². The zero-order chi connectivity index (χ0) is 28.9. The number of thiocarbonyl (C=S) groups is 1. The van der Waals surface area contributed by atoms with Gasteiger partial charge < -0.3 is 11.1 Å². The number of thiazole rings is 1. The van der Waals surface area contributed by atoms with Crippen LogP contribution >= 0.6 is 23.6 Å². The molecule has 0 radical (unpaired) electrons. The van der Waals surface area contributed by atoms with Crippen LogP contribution in [-0.2, 0) is 25.8 Å². The smallest absolute Gasteiger partial charge is 0.265 e. The van der Waals surface area contributed by atoms with Crippen LogP contribution in [0.25, 0.3) is 10.5 Å². The maximum Gasteiger partial charge on any atom is 0.265 e. The number of nitrogens with one attached hydrogen (secondary N) is 1. The highest BCUT2D eigenvalue weighted by molar-refractivity contribution is 7.78. The molecule has 3 aromatic heterocycles. The Kier molecular flexibility index (Phi) is 12.1. The molecule has 0 spiro atoms. The van der Waals surface area contributed by atoms with Gasteiger partial charge in [0.2, 0.25) is 0 Å². The predicted octanol–water partition coefficient (Wildman–Crippen LogP) is 6.44. The summed E-state index contributed by atoms with van der Waals surface area (Å²) in [6.07, 6.45) is 13.1. The van der Waals surface area contributed by atoms with Crippen molar-refractivity contribution in [3.05, 3.63) is 107 Å². The Hall–Kier alpha value is -3.81. The Morgan fingerprint density at radius 1 is 1.30 bits per heavy atom. The highest BCUT2D eigenvalue weighted by atomic mass is 32.1. The molecular formula is C30H34BFN6S2. The Labute approximate surface area is 245 Å². The molecule has 0 saturated heterocycles. The molecular weight excluding hydrogens is 538 g/mol. The van der Waals surface area contributed by atoms with Gasteiger partial charge in [-0.3, -0.25) is 9.38 Å². The van der Waals surface area contributed by atoms with Crippen molar-refractivity contribution in [2.75, 3.05) is 0 Å². The minimum atomic E-state index is -0.207. The number of halogens is 1. The normalized spacial score (nSPS) is 11.2. The van der Waals surface area contributed by atoms with Crippen molar-refractivity contribution in [2.24, 2.45) is 5.73 Å². The second-order valence-electron chi connectivity index (χ2n) is 9.23. The molecule has 3 heterocycles. The van der Waals surface area contributed by atoms with E-state index in [1.807, 2.05) is 50.7 Å². The van der Waals surface area contributed by atoms with Crippen LogP contribution in [0.4, 0.5) is 4.39 Å². The maximum atomic E-state index is 14.6. The fraction of sp³-hybridized carbons (Fsp3) is 0.267. The van der Waals surface area contributed by atoms with E-state index in [0.717, 1.165) is 45.7 Å². The van der Waals surface area contributed by atoms with Gasteiger partial charge in [-0.2, -0.15) is 0 Å². The molecule has 206 valence electrons. The first-order chi connectivity index (χ1) is 19.5. The third-order valence-electron chi connectivity index (χ3n) is 6.70. The fourth-order valence-electron chi connectivity index (χ4n) is 4.58. The summed E-state index contributed by atoms with van der Waals surface area (Å²) in [5.41, 5.74) is 12.6. The van der Waals surface area contributed by atoms with Crippen LogP contribution in [0, 0.1) is 17.0 Å². The summed E-state index contributed by atoms with van der Waals surface area (Å²) < 4.78 is 16.8. The van der Waals surface area contributed by atoms with Crippen LogP contribution in [-0.4, -0.2) is 26.6 Å². The summed E-state index contributed by atoms with van der Waals surface area (Å²) in [7, 11) is 0. The predicted molar refractivity (Wildman–Crippen MR) is 169 cm³/mol. The fourth-order valence-corrected chi connectivity index (χ4v) is 5.47. The topological polar surface area (TPSA) is 92.0 Å². The van der Waals surface area contributed by atoms with E-state index >= 15 is 0 Å². The molecule has 0 amide bonds. The highest BCUT2D eigenvalue weighted by Crippen LogP contribution is 2.28. The largest absolute Gasteiger partial charge is 0.396 e. The van der Waals surface area contributed by atoms with Crippen molar-refractivity contribution in [3.63, 3.8) is 0 Å². The first-order valence-electron chi connectivity index (χ1n) is 13.2.